The second-order valence-corrected chi connectivity index (χ2v) is 16.8. The molecule has 0 radical (unpaired) electrons. The molecule has 1 spiro atoms. The van der Waals surface area contributed by atoms with Crippen LogP contribution < -0.4 is 0 Å². The zero-order chi connectivity index (χ0) is 40.7. The molecule has 1 aliphatic heterocycles. The molecule has 1 saturated heterocycles. The van der Waals surface area contributed by atoms with Gasteiger partial charge in [-0.25, -0.2) is 4.79 Å². The minimum Gasteiger partial charge on any atom is -0.462 e. The first-order valence-corrected chi connectivity index (χ1v) is 19.3. The monoisotopic (exact) mass is 774 g/mol. The third-order valence-electron chi connectivity index (χ3n) is 12.6. The van der Waals surface area contributed by atoms with Crippen molar-refractivity contribution >= 4 is 29.8 Å². The van der Waals surface area contributed by atoms with Crippen LogP contribution in [0.1, 0.15) is 96.1 Å². The molecule has 2 bridgehead atoms. The molecule has 3 aliphatic carbocycles. The van der Waals surface area contributed by atoms with Gasteiger partial charge in [0.2, 0.25) is 0 Å². The molecule has 10 unspecified atom stereocenters. The van der Waals surface area contributed by atoms with Gasteiger partial charge < -0.3 is 33.3 Å². The molecular formula is C43H54N2O11. The Morgan fingerprint density at radius 1 is 0.893 bits per heavy atom. The van der Waals surface area contributed by atoms with Gasteiger partial charge in [-0.2, -0.15) is 0 Å². The predicted molar refractivity (Wildman–Crippen MR) is 202 cm³/mol. The van der Waals surface area contributed by atoms with Gasteiger partial charge in [0.1, 0.15) is 30.0 Å². The van der Waals surface area contributed by atoms with Crippen LogP contribution in [0.2, 0.25) is 0 Å². The van der Waals surface area contributed by atoms with Gasteiger partial charge in [-0.15, -0.1) is 0 Å². The standard InChI is InChI=1S/C43H54N2O11/c1-24-32(52-25(2)46)20-30-36(53-26(3)47)38-42(7,39(56-40(50)29-16-13-19-44-22-29)37(54-27(4)48)35(24)41(30,5)6)18-17-33(43(38)23-51-43)55-34(49)21-31(45(8)9)28-14-11-10-12-15-28/h10-16,19,22,30-33,36-39H,17-18,20-21,23H2,1-9H3. The molecule has 302 valence electrons. The fourth-order valence-electron chi connectivity index (χ4n) is 10.1. The molecule has 6 rings (SSSR count). The zero-order valence-electron chi connectivity index (χ0n) is 33.7. The van der Waals surface area contributed by atoms with Crippen molar-refractivity contribution in [2.45, 2.75) is 116 Å². The summed E-state index contributed by atoms with van der Waals surface area (Å²) in [6.07, 6.45) is -0.822. The lowest BCUT2D eigenvalue weighted by atomic mass is 9.48. The molecule has 0 N–H and O–H groups in total. The molecule has 2 saturated carbocycles. The Labute approximate surface area is 328 Å². The van der Waals surface area contributed by atoms with E-state index in [1.807, 2.05) is 77.0 Å². The van der Waals surface area contributed by atoms with Crippen LogP contribution in [-0.4, -0.2) is 96.6 Å². The number of carbonyl (C=O) groups excluding carboxylic acids is 5. The summed E-state index contributed by atoms with van der Waals surface area (Å²) in [5, 5.41) is 0. The number of fused-ring (bicyclic) bond motifs is 4. The van der Waals surface area contributed by atoms with E-state index in [4.69, 9.17) is 28.4 Å². The van der Waals surface area contributed by atoms with Crippen LogP contribution >= 0.6 is 0 Å². The van der Waals surface area contributed by atoms with Gasteiger partial charge in [-0.1, -0.05) is 51.1 Å². The molecule has 10 atom stereocenters. The van der Waals surface area contributed by atoms with Gasteiger partial charge in [-0.3, -0.25) is 24.2 Å². The van der Waals surface area contributed by atoms with E-state index in [0.29, 0.717) is 24.0 Å². The summed E-state index contributed by atoms with van der Waals surface area (Å²) in [5.41, 5.74) is -0.708. The number of nitrogens with zero attached hydrogens (tertiary/aromatic N) is 2. The lowest BCUT2D eigenvalue weighted by Gasteiger charge is -2.61. The summed E-state index contributed by atoms with van der Waals surface area (Å²) in [6, 6.07) is 12.7. The van der Waals surface area contributed by atoms with Crippen molar-refractivity contribution in [2.75, 3.05) is 20.7 Å². The number of pyridine rings is 1. The highest BCUT2D eigenvalue weighted by atomic mass is 16.6. The van der Waals surface area contributed by atoms with Crippen molar-refractivity contribution in [1.29, 1.82) is 0 Å². The van der Waals surface area contributed by atoms with Gasteiger partial charge in [0.25, 0.3) is 0 Å². The average molecular weight is 775 g/mol. The number of hydrogen-bond donors (Lipinski definition) is 0. The number of ether oxygens (including phenoxy) is 6. The highest BCUT2D eigenvalue weighted by Crippen LogP contribution is 2.65. The van der Waals surface area contributed by atoms with Crippen molar-refractivity contribution in [1.82, 2.24) is 9.88 Å². The fraction of sp³-hybridized carbons (Fsp3) is 0.581. The van der Waals surface area contributed by atoms with Crippen LogP contribution in [0, 0.1) is 22.7 Å². The quantitative estimate of drug-likeness (QED) is 0.128. The second kappa shape index (κ2) is 15.7. The maximum absolute atomic E-state index is 14.1. The molecule has 4 aliphatic rings. The topological polar surface area (TPSA) is 160 Å². The summed E-state index contributed by atoms with van der Waals surface area (Å²) in [7, 11) is 3.82. The zero-order valence-corrected chi connectivity index (χ0v) is 33.7. The number of carbonyl (C=O) groups is 5. The number of rotatable bonds is 10. The van der Waals surface area contributed by atoms with Crippen LogP contribution in [0.25, 0.3) is 0 Å². The Morgan fingerprint density at radius 3 is 2.12 bits per heavy atom. The van der Waals surface area contributed by atoms with Crippen molar-refractivity contribution < 1.29 is 52.4 Å². The first-order valence-electron chi connectivity index (χ1n) is 19.3. The Balaban J connectivity index is 1.51. The minimum absolute atomic E-state index is 0.0753. The van der Waals surface area contributed by atoms with Crippen molar-refractivity contribution in [3.05, 3.63) is 77.1 Å². The summed E-state index contributed by atoms with van der Waals surface area (Å²) < 4.78 is 38.0. The van der Waals surface area contributed by atoms with E-state index in [9.17, 15) is 24.0 Å². The van der Waals surface area contributed by atoms with Gasteiger partial charge in [-0.05, 0) is 74.5 Å². The second-order valence-electron chi connectivity index (χ2n) is 16.8. The van der Waals surface area contributed by atoms with Crippen LogP contribution in [0.15, 0.2) is 66.0 Å². The van der Waals surface area contributed by atoms with E-state index in [2.05, 4.69) is 4.98 Å². The molecule has 13 nitrogen and oxygen atoms in total. The molecule has 0 amide bonds. The fourth-order valence-corrected chi connectivity index (χ4v) is 10.1. The van der Waals surface area contributed by atoms with Gasteiger partial charge in [0.15, 0.2) is 6.10 Å². The average Bonchev–Trinajstić information content (AvgIpc) is 3.91. The summed E-state index contributed by atoms with van der Waals surface area (Å²) in [4.78, 5) is 73.1. The van der Waals surface area contributed by atoms with E-state index in [1.165, 1.54) is 27.0 Å². The van der Waals surface area contributed by atoms with Crippen molar-refractivity contribution in [2.24, 2.45) is 22.7 Å². The maximum Gasteiger partial charge on any atom is 0.340 e. The Kier molecular flexibility index (Phi) is 11.5. The predicted octanol–water partition coefficient (Wildman–Crippen LogP) is 5.57. The number of hydrogen-bond acceptors (Lipinski definition) is 13. The molecule has 3 fully saturated rings. The minimum atomic E-state index is -1.17. The number of aromatic nitrogens is 1. The molecule has 1 aromatic heterocycles. The third kappa shape index (κ3) is 7.72. The van der Waals surface area contributed by atoms with Crippen LogP contribution in [0.4, 0.5) is 0 Å². The number of benzene rings is 1. The summed E-state index contributed by atoms with van der Waals surface area (Å²) in [5.74, 6) is -4.05. The SMILES string of the molecule is CC(=O)OC1CC2C(OC(C)=O)C3C(C)(CCC(OC(=O)CC(c4ccccc4)N(C)C)C34CO4)C(OC(=O)c3cccnc3)C(OC(C)=O)C(=C1C)C2(C)C. The summed E-state index contributed by atoms with van der Waals surface area (Å²) >= 11 is 0. The molecular weight excluding hydrogens is 720 g/mol. The van der Waals surface area contributed by atoms with Crippen LogP contribution in [-0.2, 0) is 47.6 Å². The Hall–Kier alpha value is -4.62. The molecule has 2 heterocycles. The highest BCUT2D eigenvalue weighted by molar-refractivity contribution is 5.89. The van der Waals surface area contributed by atoms with Gasteiger partial charge in [0, 0.05) is 56.5 Å². The van der Waals surface area contributed by atoms with Crippen molar-refractivity contribution in [3.8, 4) is 0 Å². The lowest BCUT2D eigenvalue weighted by molar-refractivity contribution is -0.223. The Bertz CT molecular complexity index is 1860. The van der Waals surface area contributed by atoms with E-state index in [1.54, 1.807) is 18.3 Å². The number of esters is 5. The third-order valence-corrected chi connectivity index (χ3v) is 12.6. The highest BCUT2D eigenvalue weighted by Gasteiger charge is 2.75. The smallest absolute Gasteiger partial charge is 0.340 e. The van der Waals surface area contributed by atoms with E-state index in [-0.39, 0.29) is 31.1 Å². The first kappa shape index (κ1) is 41.0. The van der Waals surface area contributed by atoms with Crippen LogP contribution in [0.3, 0.4) is 0 Å². The van der Waals surface area contributed by atoms with E-state index in [0.717, 1.165) is 5.56 Å². The first-order chi connectivity index (χ1) is 26.4. The van der Waals surface area contributed by atoms with E-state index >= 15 is 0 Å². The van der Waals surface area contributed by atoms with Gasteiger partial charge in [0.05, 0.1) is 18.6 Å². The van der Waals surface area contributed by atoms with Crippen molar-refractivity contribution in [3.63, 3.8) is 0 Å². The van der Waals surface area contributed by atoms with E-state index < -0.39 is 88.6 Å². The molecule has 56 heavy (non-hydrogen) atoms. The summed E-state index contributed by atoms with van der Waals surface area (Å²) in [6.45, 7) is 11.8. The molecule has 13 heteroatoms. The Morgan fingerprint density at radius 2 is 1.55 bits per heavy atom. The number of epoxide rings is 1. The van der Waals surface area contributed by atoms with Gasteiger partial charge >= 0.3 is 29.8 Å². The molecule has 1 aromatic carbocycles. The lowest BCUT2D eigenvalue weighted by Crippen LogP contribution is -2.68. The maximum atomic E-state index is 14.1. The normalized spacial score (nSPS) is 32.2. The van der Waals surface area contributed by atoms with Crippen LogP contribution in [0.5, 0.6) is 0 Å². The largest absolute Gasteiger partial charge is 0.462 e. The molecule has 2 aromatic rings.